The summed E-state index contributed by atoms with van der Waals surface area (Å²) in [7, 11) is 0. The summed E-state index contributed by atoms with van der Waals surface area (Å²) in [5, 5.41) is 22.0. The highest BCUT2D eigenvalue weighted by Gasteiger charge is 2.35. The zero-order valence-electron chi connectivity index (χ0n) is 47.6. The molecule has 0 radical (unpaired) electrons. The number of nitrogens with two attached hydrogens (primary N) is 3. The van der Waals surface area contributed by atoms with Crippen molar-refractivity contribution in [3.8, 4) is 11.8 Å². The van der Waals surface area contributed by atoms with Gasteiger partial charge in [0.2, 0.25) is 59.1 Å². The Hall–Kier alpha value is -8.66. The van der Waals surface area contributed by atoms with Crippen LogP contribution in [0.25, 0.3) is 10.9 Å². The molecule has 24 nitrogen and oxygen atoms in total. The number of hydrogen-bond acceptors (Lipinski definition) is 12. The van der Waals surface area contributed by atoms with Gasteiger partial charge in [0.05, 0.1) is 18.9 Å². The minimum atomic E-state index is -1.42. The number of aromatic nitrogens is 3. The fraction of sp³-hybridized carbons (Fsp3) is 0.491. The maximum atomic E-state index is 14.2. The number of nitrogens with zero attached hydrogens (tertiary/aromatic N) is 1. The van der Waals surface area contributed by atoms with Crippen LogP contribution in [0, 0.1) is 34.9 Å². The topological polar surface area (TPSA) is 389 Å². The number of rotatable bonds is 30. The Bertz CT molecular complexity index is 2930. The molecule has 25 heteroatoms. The molecule has 0 aliphatic rings. The van der Waals surface area contributed by atoms with E-state index in [0.29, 0.717) is 23.2 Å². The molecule has 0 aliphatic carbocycles. The van der Waals surface area contributed by atoms with E-state index >= 15 is 0 Å². The van der Waals surface area contributed by atoms with E-state index in [0.717, 1.165) is 10.9 Å². The average molecular weight is 1140 g/mol. The largest absolute Gasteiger partial charge is 0.370 e. The highest BCUT2D eigenvalue weighted by Crippen LogP contribution is 2.21. The van der Waals surface area contributed by atoms with Crippen LogP contribution < -0.4 is 59.7 Å². The summed E-state index contributed by atoms with van der Waals surface area (Å²) >= 11 is 0. The predicted molar refractivity (Wildman–Crippen MR) is 303 cm³/mol. The summed E-state index contributed by atoms with van der Waals surface area (Å²) < 4.78 is 13.4. The molecule has 16 N–H and O–H groups in total. The molecule has 4 aromatic rings. The van der Waals surface area contributed by atoms with Crippen LogP contribution in [0.15, 0.2) is 67.3 Å². The van der Waals surface area contributed by atoms with Gasteiger partial charge in [-0.25, -0.2) is 9.37 Å². The van der Waals surface area contributed by atoms with Crippen LogP contribution in [0.2, 0.25) is 0 Å². The molecule has 0 saturated heterocycles. The molecule has 0 saturated carbocycles. The summed E-state index contributed by atoms with van der Waals surface area (Å²) in [4.78, 5) is 144. The van der Waals surface area contributed by atoms with Crippen LogP contribution in [0.1, 0.15) is 111 Å². The van der Waals surface area contributed by atoms with Gasteiger partial charge in [-0.15, -0.1) is 0 Å². The van der Waals surface area contributed by atoms with Crippen LogP contribution in [-0.2, 0) is 60.8 Å². The quantitative estimate of drug-likeness (QED) is 0.0316. The van der Waals surface area contributed by atoms with E-state index in [1.54, 1.807) is 59.0 Å². The van der Waals surface area contributed by atoms with E-state index in [9.17, 15) is 52.3 Å². The second kappa shape index (κ2) is 31.4. The maximum Gasteiger partial charge on any atom is 0.243 e. The Morgan fingerprint density at radius 2 is 1.34 bits per heavy atom. The molecule has 0 spiro atoms. The summed E-state index contributed by atoms with van der Waals surface area (Å²) in [6.07, 6.45) is 4.43. The van der Waals surface area contributed by atoms with Crippen molar-refractivity contribution in [2.24, 2.45) is 34.5 Å². The lowest BCUT2D eigenvalue weighted by Crippen LogP contribution is -2.59. The van der Waals surface area contributed by atoms with Crippen molar-refractivity contribution in [3.05, 3.63) is 89.9 Å². The predicted octanol–water partition coefficient (Wildman–Crippen LogP) is 0.393. The minimum Gasteiger partial charge on any atom is -0.370 e. The van der Waals surface area contributed by atoms with Gasteiger partial charge in [0.1, 0.15) is 42.1 Å². The van der Waals surface area contributed by atoms with Crippen molar-refractivity contribution < 1.29 is 52.3 Å². The SMILES string of the molecule is CC[C@H](C)[C@@H](CCC(=O)N[C@H](C(N)=O)C(C)(C)C)NC(=O)[C@H](Cc1cnc[nH]1)NC(=O)CNC(=O)[C@@H](NC(=O)[C@H](C)NC(=O)[C@H](Cc1c[nH]c2ccccc12)NC(=O)[C@H](CCC(N)=O)NC(=O)C(N)CC#Cc1ccc([18F])cc1)C(C)C. The fourth-order valence-corrected chi connectivity index (χ4v) is 8.57. The second-order valence-corrected chi connectivity index (χ2v) is 21.7. The number of carbonyl (C=O) groups is 10. The lowest BCUT2D eigenvalue weighted by atomic mass is 9.86. The van der Waals surface area contributed by atoms with Crippen LogP contribution in [0.4, 0.5) is 4.39 Å². The molecule has 2 heterocycles. The number of H-pyrrole nitrogens is 2. The highest BCUT2D eigenvalue weighted by molar-refractivity contribution is 5.97. The van der Waals surface area contributed by atoms with E-state index in [1.807, 2.05) is 19.9 Å². The Morgan fingerprint density at radius 3 is 1.96 bits per heavy atom. The molecule has 0 bridgehead atoms. The molecule has 82 heavy (non-hydrogen) atoms. The van der Waals surface area contributed by atoms with E-state index in [-0.39, 0.29) is 50.9 Å². The van der Waals surface area contributed by atoms with Crippen LogP contribution in [0.5, 0.6) is 0 Å². The molecular formula is C57H79FN14O10. The number of fused-ring (bicyclic) bond motifs is 1. The second-order valence-electron chi connectivity index (χ2n) is 21.7. The first kappa shape index (κ1) is 65.9. The summed E-state index contributed by atoms with van der Waals surface area (Å²) in [5.41, 5.74) is 18.8. The van der Waals surface area contributed by atoms with Gasteiger partial charge in [0.25, 0.3) is 0 Å². The van der Waals surface area contributed by atoms with Crippen LogP contribution in [0.3, 0.4) is 0 Å². The van der Waals surface area contributed by atoms with E-state index < -0.39 is 131 Å². The smallest absolute Gasteiger partial charge is 0.243 e. The number of nitrogens with one attached hydrogen (secondary N) is 10. The number of imidazole rings is 1. The highest BCUT2D eigenvalue weighted by atomic mass is 18.2. The van der Waals surface area contributed by atoms with E-state index in [4.69, 9.17) is 17.2 Å². The zero-order chi connectivity index (χ0) is 60.8. The lowest BCUT2D eigenvalue weighted by molar-refractivity contribution is -0.135. The molecule has 9 atom stereocenters. The fourth-order valence-electron chi connectivity index (χ4n) is 8.57. The third kappa shape index (κ3) is 21.1. The van der Waals surface area contributed by atoms with E-state index in [1.165, 1.54) is 43.7 Å². The monoisotopic (exact) mass is 1140 g/mol. The van der Waals surface area contributed by atoms with Crippen molar-refractivity contribution >= 4 is 70.0 Å². The summed E-state index contributed by atoms with van der Waals surface area (Å²) in [6.45, 7) is 13.2. The van der Waals surface area contributed by atoms with Crippen molar-refractivity contribution in [1.82, 2.24) is 57.5 Å². The van der Waals surface area contributed by atoms with Crippen molar-refractivity contribution in [2.45, 2.75) is 155 Å². The Balaban J connectivity index is 1.44. The first-order chi connectivity index (χ1) is 38.7. The summed E-state index contributed by atoms with van der Waals surface area (Å²) in [6, 6.07) is 3.32. The number of amides is 10. The van der Waals surface area contributed by atoms with Gasteiger partial charge < -0.3 is 69.7 Å². The number of carbonyl (C=O) groups excluding carboxylic acids is 10. The first-order valence-corrected chi connectivity index (χ1v) is 27.1. The standard InChI is InChI=1S/C57H79FN14O10/c1-9-32(4)40(22-24-46(74)71-49(50(61)76)57(6,7)8)68-55(81)44(26-37-28-62-30-65-37)67-47(75)29-64-56(82)48(31(2)3)72-51(77)33(5)66-54(80)43(25-35-27-63-41-16-11-10-14-38(35)41)70-53(79)42(21-23-45(60)73)69-52(78)39(59)15-12-13-34-17-19-36(58)20-18-34/h10-11,14,16-20,27-28,30-33,39-40,42-44,48-49,63H,9,15,21-26,29,59H2,1-8H3,(H2,60,73)(H2,61,76)(H,62,65)(H,64,82)(H,66,80)(H,67,75)(H,68,81)(H,69,78)(H,70,79)(H,71,74)(H,72,77)/t32-,33-,39?,40+,42-,43-,44-,48-,49+/m0/s1/i58-1. The molecule has 2 aromatic carbocycles. The van der Waals surface area contributed by atoms with E-state index in [2.05, 4.69) is 69.3 Å². The van der Waals surface area contributed by atoms with Gasteiger partial charge in [-0.3, -0.25) is 47.9 Å². The van der Waals surface area contributed by atoms with Crippen molar-refractivity contribution in [1.29, 1.82) is 0 Å². The number of benzene rings is 2. The number of para-hydroxylation sites is 1. The Kier molecular flexibility index (Phi) is 25.2. The normalized spacial score (nSPS) is 14.6. The van der Waals surface area contributed by atoms with Gasteiger partial charge >= 0.3 is 0 Å². The minimum absolute atomic E-state index is 0.0229. The van der Waals surface area contributed by atoms with Gasteiger partial charge in [-0.05, 0) is 72.9 Å². The molecule has 0 fully saturated rings. The molecule has 0 aliphatic heterocycles. The number of halogens is 1. The number of hydrogen-bond donors (Lipinski definition) is 13. The molecule has 444 valence electrons. The summed E-state index contributed by atoms with van der Waals surface area (Å²) in [5.74, 6) is -2.88. The molecule has 1 unspecified atom stereocenters. The Morgan fingerprint density at radius 1 is 0.695 bits per heavy atom. The molecule has 10 amide bonds. The van der Waals surface area contributed by atoms with Crippen molar-refractivity contribution in [3.63, 3.8) is 0 Å². The zero-order valence-corrected chi connectivity index (χ0v) is 47.6. The first-order valence-electron chi connectivity index (χ1n) is 27.1. The maximum absolute atomic E-state index is 14.2. The van der Waals surface area contributed by atoms with Gasteiger partial charge in [-0.1, -0.05) is 84.9 Å². The Labute approximate surface area is 476 Å². The average Bonchev–Trinajstić information content (AvgIpc) is 4.22. The number of primary amides is 2. The molecular weight excluding hydrogens is 1060 g/mol. The third-order valence-corrected chi connectivity index (χ3v) is 13.6. The third-order valence-electron chi connectivity index (χ3n) is 13.6. The van der Waals surface area contributed by atoms with Crippen LogP contribution in [-0.4, -0.2) is 129 Å². The van der Waals surface area contributed by atoms with Gasteiger partial charge in [0, 0.05) is 72.7 Å². The van der Waals surface area contributed by atoms with Crippen molar-refractivity contribution in [2.75, 3.05) is 6.54 Å². The lowest BCUT2D eigenvalue weighted by Gasteiger charge is -2.30. The molecule has 4 rings (SSSR count). The van der Waals surface area contributed by atoms with Gasteiger partial charge in [0.15, 0.2) is 0 Å². The van der Waals surface area contributed by atoms with Gasteiger partial charge in [-0.2, -0.15) is 0 Å². The number of aromatic amines is 2. The van der Waals surface area contributed by atoms with Crippen LogP contribution >= 0.6 is 0 Å². The molecule has 2 aromatic heterocycles.